The number of benzene rings is 1. The molecule has 2 aromatic rings. The first-order valence-corrected chi connectivity index (χ1v) is 6.81. The molecule has 0 unspecified atom stereocenters. The first-order valence-electron chi connectivity index (χ1n) is 6.81. The number of carbonyl (C=O) groups excluding carboxylic acids is 1. The summed E-state index contributed by atoms with van der Waals surface area (Å²) in [5, 5.41) is 2.67. The standard InChI is InChI=1S/C16H18N2O5/c1-9-5-6-17-15(19)13(9)16(20)18-10-7-11(21-2)14(23-4)12(8-10)22-3/h5-8H,1-4H3,(H,17,19)(H,18,20). The third-order valence-corrected chi connectivity index (χ3v) is 3.32. The summed E-state index contributed by atoms with van der Waals surface area (Å²) in [5.41, 5.74) is 0.613. The number of aromatic amines is 1. The molecule has 1 aromatic carbocycles. The minimum atomic E-state index is -0.515. The number of aromatic nitrogens is 1. The molecule has 0 bridgehead atoms. The number of anilines is 1. The maximum absolute atomic E-state index is 12.4. The van der Waals surface area contributed by atoms with E-state index in [4.69, 9.17) is 14.2 Å². The van der Waals surface area contributed by atoms with E-state index >= 15 is 0 Å². The van der Waals surface area contributed by atoms with Crippen molar-refractivity contribution in [1.29, 1.82) is 0 Å². The molecule has 0 aliphatic heterocycles. The number of H-pyrrole nitrogens is 1. The molecule has 1 aromatic heterocycles. The Hall–Kier alpha value is -2.96. The molecule has 0 saturated heterocycles. The normalized spacial score (nSPS) is 10.1. The molecule has 0 aliphatic rings. The first kappa shape index (κ1) is 16.4. The minimum Gasteiger partial charge on any atom is -0.493 e. The molecular weight excluding hydrogens is 300 g/mol. The van der Waals surface area contributed by atoms with Crippen LogP contribution in [0.3, 0.4) is 0 Å². The number of methoxy groups -OCH3 is 3. The molecule has 0 saturated carbocycles. The molecule has 0 aliphatic carbocycles. The Morgan fingerprint density at radius 3 is 2.17 bits per heavy atom. The number of rotatable bonds is 5. The number of ether oxygens (including phenoxy) is 3. The van der Waals surface area contributed by atoms with E-state index in [1.54, 1.807) is 25.1 Å². The van der Waals surface area contributed by atoms with E-state index < -0.39 is 11.5 Å². The maximum Gasteiger partial charge on any atom is 0.261 e. The third-order valence-electron chi connectivity index (χ3n) is 3.32. The van der Waals surface area contributed by atoms with Crippen LogP contribution in [-0.2, 0) is 0 Å². The smallest absolute Gasteiger partial charge is 0.261 e. The molecule has 1 heterocycles. The van der Waals surface area contributed by atoms with Gasteiger partial charge < -0.3 is 24.5 Å². The van der Waals surface area contributed by atoms with Crippen LogP contribution in [0.5, 0.6) is 17.2 Å². The van der Waals surface area contributed by atoms with Crippen molar-refractivity contribution >= 4 is 11.6 Å². The van der Waals surface area contributed by atoms with Gasteiger partial charge >= 0.3 is 0 Å². The van der Waals surface area contributed by atoms with Gasteiger partial charge in [0.15, 0.2) is 11.5 Å². The second kappa shape index (κ2) is 6.87. The fourth-order valence-corrected chi connectivity index (χ4v) is 2.21. The molecule has 7 heteroatoms. The fourth-order valence-electron chi connectivity index (χ4n) is 2.21. The van der Waals surface area contributed by atoms with Crippen LogP contribution in [0.15, 0.2) is 29.2 Å². The Labute approximate surface area is 133 Å². The Morgan fingerprint density at radius 1 is 1.09 bits per heavy atom. The van der Waals surface area contributed by atoms with E-state index in [9.17, 15) is 9.59 Å². The van der Waals surface area contributed by atoms with Crippen LogP contribution in [0.1, 0.15) is 15.9 Å². The predicted octanol–water partition coefficient (Wildman–Crippen LogP) is 1.96. The lowest BCUT2D eigenvalue weighted by molar-refractivity contribution is 0.102. The highest BCUT2D eigenvalue weighted by Gasteiger charge is 2.17. The van der Waals surface area contributed by atoms with E-state index in [2.05, 4.69) is 10.3 Å². The zero-order valence-electron chi connectivity index (χ0n) is 13.4. The monoisotopic (exact) mass is 318 g/mol. The lowest BCUT2D eigenvalue weighted by Gasteiger charge is -2.14. The third kappa shape index (κ3) is 3.28. The van der Waals surface area contributed by atoms with Gasteiger partial charge in [0.05, 0.1) is 21.3 Å². The summed E-state index contributed by atoms with van der Waals surface area (Å²) >= 11 is 0. The molecular formula is C16H18N2O5. The second-order valence-electron chi connectivity index (χ2n) is 4.73. The Kier molecular flexibility index (Phi) is 4.90. The molecule has 2 rings (SSSR count). The Bertz CT molecular complexity index is 757. The van der Waals surface area contributed by atoms with Crippen LogP contribution in [-0.4, -0.2) is 32.2 Å². The lowest BCUT2D eigenvalue weighted by Crippen LogP contribution is -2.24. The largest absolute Gasteiger partial charge is 0.493 e. The summed E-state index contributed by atoms with van der Waals surface area (Å²) in [7, 11) is 4.45. The maximum atomic E-state index is 12.4. The number of nitrogens with one attached hydrogen (secondary N) is 2. The van der Waals surface area contributed by atoms with Gasteiger partial charge in [-0.2, -0.15) is 0 Å². The van der Waals surface area contributed by atoms with E-state index in [0.29, 0.717) is 28.5 Å². The number of pyridine rings is 1. The van der Waals surface area contributed by atoms with E-state index in [0.717, 1.165) is 0 Å². The van der Waals surface area contributed by atoms with Crippen molar-refractivity contribution in [2.24, 2.45) is 0 Å². The summed E-state index contributed by atoms with van der Waals surface area (Å²) in [4.78, 5) is 26.7. The number of carbonyl (C=O) groups is 1. The molecule has 23 heavy (non-hydrogen) atoms. The Morgan fingerprint density at radius 2 is 1.70 bits per heavy atom. The van der Waals surface area contributed by atoms with E-state index in [1.165, 1.54) is 27.5 Å². The van der Waals surface area contributed by atoms with Crippen molar-refractivity contribution < 1.29 is 19.0 Å². The van der Waals surface area contributed by atoms with Crippen molar-refractivity contribution in [3.63, 3.8) is 0 Å². The molecule has 0 atom stereocenters. The molecule has 2 N–H and O–H groups in total. The summed E-state index contributed by atoms with van der Waals surface area (Å²) in [6.07, 6.45) is 1.49. The summed E-state index contributed by atoms with van der Waals surface area (Å²) in [6.45, 7) is 1.69. The van der Waals surface area contributed by atoms with Gasteiger partial charge in [-0.25, -0.2) is 0 Å². The summed E-state index contributed by atoms with van der Waals surface area (Å²) in [6, 6.07) is 4.84. The first-order chi connectivity index (χ1) is 11.0. The quantitative estimate of drug-likeness (QED) is 0.879. The van der Waals surface area contributed by atoms with Crippen LogP contribution in [0, 0.1) is 6.92 Å². The van der Waals surface area contributed by atoms with Crippen LogP contribution >= 0.6 is 0 Å². The topological polar surface area (TPSA) is 89.7 Å². The van der Waals surface area contributed by atoms with Crippen molar-refractivity contribution in [3.8, 4) is 17.2 Å². The second-order valence-corrected chi connectivity index (χ2v) is 4.73. The number of amides is 1. The molecule has 0 spiro atoms. The van der Waals surface area contributed by atoms with Gasteiger partial charge in [-0.05, 0) is 18.6 Å². The van der Waals surface area contributed by atoms with Crippen molar-refractivity contribution in [2.45, 2.75) is 6.92 Å². The highest BCUT2D eigenvalue weighted by atomic mass is 16.5. The van der Waals surface area contributed by atoms with Gasteiger partial charge in [0.25, 0.3) is 11.5 Å². The number of aryl methyl sites for hydroxylation is 1. The highest BCUT2D eigenvalue weighted by Crippen LogP contribution is 2.39. The van der Waals surface area contributed by atoms with Crippen LogP contribution in [0.2, 0.25) is 0 Å². The summed E-state index contributed by atoms with van der Waals surface area (Å²) in [5.74, 6) is 0.710. The van der Waals surface area contributed by atoms with Crippen LogP contribution in [0.25, 0.3) is 0 Å². The van der Waals surface area contributed by atoms with Gasteiger partial charge in [-0.15, -0.1) is 0 Å². The molecule has 0 radical (unpaired) electrons. The Balaban J connectivity index is 2.40. The zero-order chi connectivity index (χ0) is 17.0. The molecule has 7 nitrogen and oxygen atoms in total. The zero-order valence-corrected chi connectivity index (χ0v) is 13.4. The van der Waals surface area contributed by atoms with Crippen LogP contribution < -0.4 is 25.1 Å². The lowest BCUT2D eigenvalue weighted by atomic mass is 10.1. The molecule has 1 amide bonds. The van der Waals surface area contributed by atoms with Gasteiger partial charge in [0.1, 0.15) is 5.56 Å². The SMILES string of the molecule is COc1cc(NC(=O)c2c(C)cc[nH]c2=O)cc(OC)c1OC. The minimum absolute atomic E-state index is 0.0567. The van der Waals surface area contributed by atoms with E-state index in [1.807, 2.05) is 0 Å². The fraction of sp³-hybridized carbons (Fsp3) is 0.250. The van der Waals surface area contributed by atoms with Gasteiger partial charge in [0, 0.05) is 24.0 Å². The van der Waals surface area contributed by atoms with Gasteiger partial charge in [0.2, 0.25) is 5.75 Å². The average molecular weight is 318 g/mol. The van der Waals surface area contributed by atoms with Crippen molar-refractivity contribution in [1.82, 2.24) is 4.98 Å². The van der Waals surface area contributed by atoms with Crippen molar-refractivity contribution in [3.05, 3.63) is 45.9 Å². The van der Waals surface area contributed by atoms with Gasteiger partial charge in [-0.1, -0.05) is 0 Å². The van der Waals surface area contributed by atoms with Crippen LogP contribution in [0.4, 0.5) is 5.69 Å². The molecule has 122 valence electrons. The predicted molar refractivity (Wildman–Crippen MR) is 85.9 cm³/mol. The van der Waals surface area contributed by atoms with Gasteiger partial charge in [-0.3, -0.25) is 9.59 Å². The number of hydrogen-bond acceptors (Lipinski definition) is 5. The highest BCUT2D eigenvalue weighted by molar-refractivity contribution is 6.05. The van der Waals surface area contributed by atoms with E-state index in [-0.39, 0.29) is 5.56 Å². The molecule has 0 fully saturated rings. The summed E-state index contributed by atoms with van der Waals surface area (Å²) < 4.78 is 15.7. The van der Waals surface area contributed by atoms with Crippen molar-refractivity contribution in [2.75, 3.05) is 26.6 Å². The number of hydrogen-bond donors (Lipinski definition) is 2. The average Bonchev–Trinajstić information content (AvgIpc) is 2.53.